The maximum Gasteiger partial charge on any atom is 0.0408 e. The Morgan fingerprint density at radius 1 is 1.10 bits per heavy atom. The van der Waals surface area contributed by atoms with Crippen LogP contribution in [0.3, 0.4) is 0 Å². The molecule has 0 radical (unpaired) electrons. The van der Waals surface area contributed by atoms with Crippen molar-refractivity contribution >= 4 is 11.6 Å². The van der Waals surface area contributed by atoms with Crippen molar-refractivity contribution in [2.45, 2.75) is 71.8 Å². The van der Waals surface area contributed by atoms with E-state index in [-0.39, 0.29) is 0 Å². The summed E-state index contributed by atoms with van der Waals surface area (Å²) in [5, 5.41) is 4.45. The van der Waals surface area contributed by atoms with E-state index < -0.39 is 0 Å². The summed E-state index contributed by atoms with van der Waals surface area (Å²) in [6.07, 6.45) is 9.26. The lowest BCUT2D eigenvalue weighted by Gasteiger charge is -2.19. The average Bonchev–Trinajstić information content (AvgIpc) is 2.44. The van der Waals surface area contributed by atoms with Crippen molar-refractivity contribution in [2.75, 3.05) is 6.54 Å². The second kappa shape index (κ2) is 11.1. The topological polar surface area (TPSA) is 12.0 Å². The molecule has 0 aliphatic heterocycles. The van der Waals surface area contributed by atoms with Crippen LogP contribution in [0.4, 0.5) is 0 Å². The van der Waals surface area contributed by atoms with Gasteiger partial charge in [0, 0.05) is 11.1 Å². The minimum atomic E-state index is 0.562. The maximum absolute atomic E-state index is 6.10. The van der Waals surface area contributed by atoms with Gasteiger partial charge in [-0.25, -0.2) is 0 Å². The molecule has 0 aliphatic rings. The van der Waals surface area contributed by atoms with Crippen LogP contribution in [0.15, 0.2) is 24.3 Å². The van der Waals surface area contributed by atoms with Gasteiger partial charge in [0.05, 0.1) is 0 Å². The predicted molar refractivity (Wildman–Crippen MR) is 95.2 cm³/mol. The highest BCUT2D eigenvalue weighted by atomic mass is 35.5. The van der Waals surface area contributed by atoms with Gasteiger partial charge in [-0.05, 0) is 43.0 Å². The number of benzene rings is 1. The summed E-state index contributed by atoms with van der Waals surface area (Å²) in [5.41, 5.74) is 1.37. The molecule has 0 heterocycles. The third-order valence-electron chi connectivity index (χ3n) is 3.94. The van der Waals surface area contributed by atoms with Gasteiger partial charge < -0.3 is 5.32 Å². The lowest BCUT2D eigenvalue weighted by atomic mass is 9.93. The zero-order valence-corrected chi connectivity index (χ0v) is 14.8. The van der Waals surface area contributed by atoms with Crippen LogP contribution in [-0.4, -0.2) is 12.6 Å². The predicted octanol–water partition coefficient (Wildman–Crippen LogP) is 5.86. The van der Waals surface area contributed by atoms with Crippen LogP contribution in [0, 0.1) is 5.92 Å². The average molecular weight is 310 g/mol. The molecule has 0 spiro atoms. The quantitative estimate of drug-likeness (QED) is 0.505. The van der Waals surface area contributed by atoms with Gasteiger partial charge in [0.2, 0.25) is 0 Å². The Hall–Kier alpha value is -0.530. The first kappa shape index (κ1) is 18.5. The zero-order valence-electron chi connectivity index (χ0n) is 14.0. The number of hydrogen-bond donors (Lipinski definition) is 1. The Bertz CT molecular complexity index is 376. The first-order valence-electron chi connectivity index (χ1n) is 8.59. The summed E-state index contributed by atoms with van der Waals surface area (Å²) in [5.74, 6) is 0.715. The van der Waals surface area contributed by atoms with Crippen molar-refractivity contribution in [1.29, 1.82) is 0 Å². The lowest BCUT2D eigenvalue weighted by molar-refractivity contribution is 0.404. The summed E-state index contributed by atoms with van der Waals surface area (Å²) in [6, 6.07) is 8.89. The summed E-state index contributed by atoms with van der Waals surface area (Å²) >= 11 is 6.10. The maximum atomic E-state index is 6.10. The highest BCUT2D eigenvalue weighted by Gasteiger charge is 2.10. The summed E-state index contributed by atoms with van der Waals surface area (Å²) in [6.45, 7) is 7.82. The molecule has 2 heteroatoms. The molecule has 120 valence electrons. The van der Waals surface area contributed by atoms with Crippen LogP contribution in [-0.2, 0) is 6.42 Å². The summed E-state index contributed by atoms with van der Waals surface area (Å²) < 4.78 is 0. The molecule has 0 saturated heterocycles. The SMILES string of the molecule is CCCCCCCC(CNC(C)C)Cc1cccc(Cl)c1. The molecule has 1 aromatic rings. The fourth-order valence-electron chi connectivity index (χ4n) is 2.71. The first-order chi connectivity index (χ1) is 10.1. The fourth-order valence-corrected chi connectivity index (χ4v) is 2.93. The standard InChI is InChI=1S/C19H32ClN/c1-4-5-6-7-8-10-18(15-21-16(2)3)13-17-11-9-12-19(20)14-17/h9,11-12,14,16,18,21H,4-8,10,13,15H2,1-3H3. The van der Waals surface area contributed by atoms with Crippen LogP contribution in [0.5, 0.6) is 0 Å². The van der Waals surface area contributed by atoms with Crippen molar-refractivity contribution in [2.24, 2.45) is 5.92 Å². The molecule has 1 N–H and O–H groups in total. The zero-order chi connectivity index (χ0) is 15.5. The Balaban J connectivity index is 2.43. The van der Waals surface area contributed by atoms with Crippen molar-refractivity contribution in [1.82, 2.24) is 5.32 Å². The number of nitrogens with one attached hydrogen (secondary N) is 1. The van der Waals surface area contributed by atoms with E-state index in [9.17, 15) is 0 Å². The van der Waals surface area contributed by atoms with Gasteiger partial charge in [0.25, 0.3) is 0 Å². The molecule has 0 fully saturated rings. The molecule has 1 atom stereocenters. The minimum absolute atomic E-state index is 0.562. The van der Waals surface area contributed by atoms with E-state index in [2.05, 4.69) is 44.3 Å². The minimum Gasteiger partial charge on any atom is -0.314 e. The van der Waals surface area contributed by atoms with Crippen LogP contribution < -0.4 is 5.32 Å². The Morgan fingerprint density at radius 2 is 1.86 bits per heavy atom. The lowest BCUT2D eigenvalue weighted by Crippen LogP contribution is -2.30. The monoisotopic (exact) mass is 309 g/mol. The van der Waals surface area contributed by atoms with Gasteiger partial charge >= 0.3 is 0 Å². The van der Waals surface area contributed by atoms with Crippen molar-refractivity contribution in [3.8, 4) is 0 Å². The molecule has 0 amide bonds. The number of rotatable bonds is 11. The molecule has 21 heavy (non-hydrogen) atoms. The second-order valence-electron chi connectivity index (χ2n) is 6.47. The highest BCUT2D eigenvalue weighted by molar-refractivity contribution is 6.30. The van der Waals surface area contributed by atoms with Crippen molar-refractivity contribution < 1.29 is 0 Å². The van der Waals surface area contributed by atoms with Crippen molar-refractivity contribution in [3.05, 3.63) is 34.9 Å². The van der Waals surface area contributed by atoms with Crippen LogP contribution >= 0.6 is 11.6 Å². The molecule has 0 bridgehead atoms. The van der Waals surface area contributed by atoms with Gasteiger partial charge in [0.1, 0.15) is 0 Å². The smallest absolute Gasteiger partial charge is 0.0408 e. The molecule has 1 unspecified atom stereocenters. The van der Waals surface area contributed by atoms with Gasteiger partial charge in [-0.1, -0.05) is 76.6 Å². The summed E-state index contributed by atoms with van der Waals surface area (Å²) in [7, 11) is 0. The van der Waals surface area contributed by atoms with E-state index in [0.717, 1.165) is 18.0 Å². The van der Waals surface area contributed by atoms with Gasteiger partial charge in [-0.3, -0.25) is 0 Å². The molecule has 1 nitrogen and oxygen atoms in total. The third-order valence-corrected chi connectivity index (χ3v) is 4.18. The number of halogens is 1. The molecule has 1 rings (SSSR count). The van der Waals surface area contributed by atoms with E-state index in [4.69, 9.17) is 11.6 Å². The van der Waals surface area contributed by atoms with Crippen molar-refractivity contribution in [3.63, 3.8) is 0 Å². The van der Waals surface area contributed by atoms with E-state index in [0.29, 0.717) is 12.0 Å². The third kappa shape index (κ3) is 9.16. The van der Waals surface area contributed by atoms with Gasteiger partial charge in [-0.2, -0.15) is 0 Å². The largest absolute Gasteiger partial charge is 0.314 e. The molecular weight excluding hydrogens is 278 g/mol. The normalized spacial score (nSPS) is 12.8. The van der Waals surface area contributed by atoms with E-state index in [1.54, 1.807) is 0 Å². The molecular formula is C19H32ClN. The second-order valence-corrected chi connectivity index (χ2v) is 6.90. The van der Waals surface area contributed by atoms with Crippen LogP contribution in [0.25, 0.3) is 0 Å². The fraction of sp³-hybridized carbons (Fsp3) is 0.684. The Morgan fingerprint density at radius 3 is 2.52 bits per heavy atom. The molecule has 0 aliphatic carbocycles. The van der Waals surface area contributed by atoms with Crippen LogP contribution in [0.1, 0.15) is 64.9 Å². The van der Waals surface area contributed by atoms with Crippen LogP contribution in [0.2, 0.25) is 5.02 Å². The van der Waals surface area contributed by atoms with E-state index >= 15 is 0 Å². The van der Waals surface area contributed by atoms with Gasteiger partial charge in [-0.15, -0.1) is 0 Å². The number of unbranched alkanes of at least 4 members (excludes halogenated alkanes) is 4. The highest BCUT2D eigenvalue weighted by Crippen LogP contribution is 2.19. The van der Waals surface area contributed by atoms with E-state index in [1.165, 1.54) is 44.1 Å². The Kier molecular flexibility index (Phi) is 9.78. The molecule has 0 aromatic heterocycles. The Labute approximate surface area is 136 Å². The first-order valence-corrected chi connectivity index (χ1v) is 8.97. The van der Waals surface area contributed by atoms with Gasteiger partial charge in [0.15, 0.2) is 0 Å². The summed E-state index contributed by atoms with van der Waals surface area (Å²) in [4.78, 5) is 0. The number of hydrogen-bond acceptors (Lipinski definition) is 1. The molecule has 1 aromatic carbocycles. The molecule has 0 saturated carbocycles. The van der Waals surface area contributed by atoms with E-state index in [1.807, 2.05) is 6.07 Å².